The molecule has 0 amide bonds. The van der Waals surface area contributed by atoms with Gasteiger partial charge in [0.15, 0.2) is 11.6 Å². The van der Waals surface area contributed by atoms with Gasteiger partial charge in [-0.3, -0.25) is 0 Å². The quantitative estimate of drug-likeness (QED) is 0.548. The predicted molar refractivity (Wildman–Crippen MR) is 80.4 cm³/mol. The van der Waals surface area contributed by atoms with E-state index in [9.17, 15) is 17.6 Å². The summed E-state index contributed by atoms with van der Waals surface area (Å²) in [5, 5.41) is 0. The molecule has 2 atom stereocenters. The predicted octanol–water partition coefficient (Wildman–Crippen LogP) is 3.26. The zero-order valence-electron chi connectivity index (χ0n) is 12.4. The Kier molecular flexibility index (Phi) is 3.35. The molecule has 0 saturated heterocycles. The lowest BCUT2D eigenvalue weighted by atomic mass is 9.86. The van der Waals surface area contributed by atoms with E-state index in [1.807, 2.05) is 4.57 Å². The van der Waals surface area contributed by atoms with Crippen LogP contribution < -0.4 is 5.73 Å². The lowest BCUT2D eigenvalue weighted by Gasteiger charge is -2.30. The Hall–Kier alpha value is -2.41. The van der Waals surface area contributed by atoms with Crippen LogP contribution in [0.1, 0.15) is 17.3 Å². The number of rotatable bonds is 1. The number of nitrogens with two attached hydrogens (primary N) is 1. The van der Waals surface area contributed by atoms with Crippen LogP contribution in [-0.2, 0) is 13.0 Å². The van der Waals surface area contributed by atoms with Crippen molar-refractivity contribution < 1.29 is 17.6 Å². The SMILES string of the molecule is N[C@H]1Cn2c(nc3cc(F)ccc32)C[C@@H]1c1cc(F)c(F)cc1F. The molecule has 3 aromatic rings. The standard InChI is InChI=1S/C17H13F4N3/c18-8-1-2-16-15(3-8)23-17-5-10(14(22)7-24(16)17)9-4-12(20)13(21)6-11(9)19/h1-4,6,10,14H,5,7,22H2/t10-,14+/m1/s1. The van der Waals surface area contributed by atoms with Gasteiger partial charge in [0.1, 0.15) is 17.5 Å². The summed E-state index contributed by atoms with van der Waals surface area (Å²) >= 11 is 0. The number of fused-ring (bicyclic) bond motifs is 3. The smallest absolute Gasteiger partial charge is 0.161 e. The van der Waals surface area contributed by atoms with Gasteiger partial charge < -0.3 is 10.3 Å². The molecule has 2 heterocycles. The third-order valence-corrected chi connectivity index (χ3v) is 4.54. The monoisotopic (exact) mass is 335 g/mol. The summed E-state index contributed by atoms with van der Waals surface area (Å²) in [4.78, 5) is 4.37. The van der Waals surface area contributed by atoms with Crippen molar-refractivity contribution in [2.45, 2.75) is 24.9 Å². The lowest BCUT2D eigenvalue weighted by Crippen LogP contribution is -2.39. The average Bonchev–Trinajstić information content (AvgIpc) is 2.86. The molecular weight excluding hydrogens is 322 g/mol. The minimum absolute atomic E-state index is 0.0332. The van der Waals surface area contributed by atoms with Gasteiger partial charge in [0.25, 0.3) is 0 Å². The van der Waals surface area contributed by atoms with Gasteiger partial charge in [-0.2, -0.15) is 0 Å². The maximum Gasteiger partial charge on any atom is 0.161 e. The topological polar surface area (TPSA) is 43.8 Å². The van der Waals surface area contributed by atoms with Gasteiger partial charge in [0.2, 0.25) is 0 Å². The highest BCUT2D eigenvalue weighted by Gasteiger charge is 2.32. The zero-order valence-corrected chi connectivity index (χ0v) is 12.4. The summed E-state index contributed by atoms with van der Waals surface area (Å²) in [6, 6.07) is 5.16. The molecule has 24 heavy (non-hydrogen) atoms. The van der Waals surface area contributed by atoms with E-state index < -0.39 is 35.2 Å². The molecule has 3 nitrogen and oxygen atoms in total. The molecule has 1 aliphatic rings. The molecule has 7 heteroatoms. The molecule has 124 valence electrons. The highest BCUT2D eigenvalue weighted by molar-refractivity contribution is 5.76. The van der Waals surface area contributed by atoms with Crippen molar-refractivity contribution in [3.05, 3.63) is 65.0 Å². The fourth-order valence-corrected chi connectivity index (χ4v) is 3.36. The molecule has 0 aliphatic carbocycles. The molecule has 1 aromatic heterocycles. The van der Waals surface area contributed by atoms with Crippen LogP contribution in [0.2, 0.25) is 0 Å². The zero-order chi connectivity index (χ0) is 17.0. The first-order valence-corrected chi connectivity index (χ1v) is 7.48. The molecule has 0 bridgehead atoms. The summed E-state index contributed by atoms with van der Waals surface area (Å²) in [6.45, 7) is 0.334. The minimum atomic E-state index is -1.23. The van der Waals surface area contributed by atoms with E-state index in [-0.39, 0.29) is 12.0 Å². The Morgan fingerprint density at radius 2 is 1.75 bits per heavy atom. The molecule has 2 N–H and O–H groups in total. The third-order valence-electron chi connectivity index (χ3n) is 4.54. The van der Waals surface area contributed by atoms with Crippen molar-refractivity contribution in [2.24, 2.45) is 5.73 Å². The van der Waals surface area contributed by atoms with Gasteiger partial charge in [0, 0.05) is 37.1 Å². The largest absolute Gasteiger partial charge is 0.326 e. The minimum Gasteiger partial charge on any atom is -0.326 e. The van der Waals surface area contributed by atoms with Crippen LogP contribution >= 0.6 is 0 Å². The Morgan fingerprint density at radius 1 is 1.00 bits per heavy atom. The Morgan fingerprint density at radius 3 is 2.54 bits per heavy atom. The number of nitrogens with zero attached hydrogens (tertiary/aromatic N) is 2. The summed E-state index contributed by atoms with van der Waals surface area (Å²) in [7, 11) is 0. The van der Waals surface area contributed by atoms with Crippen molar-refractivity contribution in [1.29, 1.82) is 0 Å². The average molecular weight is 335 g/mol. The van der Waals surface area contributed by atoms with Crippen molar-refractivity contribution in [3.63, 3.8) is 0 Å². The molecule has 0 saturated carbocycles. The normalized spacial score (nSPS) is 20.4. The van der Waals surface area contributed by atoms with Crippen molar-refractivity contribution in [3.8, 4) is 0 Å². The lowest BCUT2D eigenvalue weighted by molar-refractivity contribution is 0.392. The highest BCUT2D eigenvalue weighted by atomic mass is 19.2. The molecule has 4 rings (SSSR count). The van der Waals surface area contributed by atoms with Crippen LogP contribution in [0.15, 0.2) is 30.3 Å². The van der Waals surface area contributed by atoms with E-state index in [1.54, 1.807) is 6.07 Å². The maximum absolute atomic E-state index is 14.1. The van der Waals surface area contributed by atoms with Gasteiger partial charge in [-0.05, 0) is 23.8 Å². The molecule has 0 spiro atoms. The maximum atomic E-state index is 14.1. The van der Waals surface area contributed by atoms with E-state index in [0.717, 1.165) is 11.6 Å². The number of hydrogen-bond donors (Lipinski definition) is 1. The number of aromatic nitrogens is 2. The first kappa shape index (κ1) is 15.1. The van der Waals surface area contributed by atoms with Crippen LogP contribution in [0.5, 0.6) is 0 Å². The second-order valence-corrected chi connectivity index (χ2v) is 6.03. The van der Waals surface area contributed by atoms with Gasteiger partial charge >= 0.3 is 0 Å². The van der Waals surface area contributed by atoms with Gasteiger partial charge in [-0.15, -0.1) is 0 Å². The molecule has 0 fully saturated rings. The van der Waals surface area contributed by atoms with E-state index in [2.05, 4.69) is 4.98 Å². The highest BCUT2D eigenvalue weighted by Crippen LogP contribution is 2.33. The van der Waals surface area contributed by atoms with E-state index in [1.165, 1.54) is 12.1 Å². The van der Waals surface area contributed by atoms with Gasteiger partial charge in [-0.1, -0.05) is 0 Å². The summed E-state index contributed by atoms with van der Waals surface area (Å²) < 4.78 is 55.9. The first-order valence-electron chi connectivity index (χ1n) is 7.48. The summed E-state index contributed by atoms with van der Waals surface area (Å²) in [6.07, 6.45) is 0.263. The third kappa shape index (κ3) is 2.27. The van der Waals surface area contributed by atoms with Crippen LogP contribution in [0, 0.1) is 23.3 Å². The molecule has 1 aliphatic heterocycles. The van der Waals surface area contributed by atoms with Crippen molar-refractivity contribution >= 4 is 11.0 Å². The summed E-state index contributed by atoms with van der Waals surface area (Å²) in [5.74, 6) is -3.49. The Labute approximate surface area is 134 Å². The molecular formula is C17H13F4N3. The van der Waals surface area contributed by atoms with Crippen LogP contribution in [0.4, 0.5) is 17.6 Å². The van der Waals surface area contributed by atoms with Crippen LogP contribution in [0.3, 0.4) is 0 Å². The van der Waals surface area contributed by atoms with E-state index in [4.69, 9.17) is 5.73 Å². The fourth-order valence-electron chi connectivity index (χ4n) is 3.36. The van der Waals surface area contributed by atoms with Crippen molar-refractivity contribution in [1.82, 2.24) is 9.55 Å². The second kappa shape index (κ2) is 5.31. The first-order chi connectivity index (χ1) is 11.4. The van der Waals surface area contributed by atoms with E-state index >= 15 is 0 Å². The summed E-state index contributed by atoms with van der Waals surface area (Å²) in [5.41, 5.74) is 7.42. The van der Waals surface area contributed by atoms with Crippen LogP contribution in [0.25, 0.3) is 11.0 Å². The fraction of sp³-hybridized carbons (Fsp3) is 0.235. The Bertz CT molecular complexity index is 951. The molecule has 0 radical (unpaired) electrons. The molecule has 2 aromatic carbocycles. The molecule has 0 unspecified atom stereocenters. The van der Waals surface area contributed by atoms with E-state index in [0.29, 0.717) is 24.0 Å². The van der Waals surface area contributed by atoms with Crippen molar-refractivity contribution in [2.75, 3.05) is 0 Å². The number of halogens is 4. The number of imidazole rings is 1. The van der Waals surface area contributed by atoms with Crippen LogP contribution in [-0.4, -0.2) is 15.6 Å². The van der Waals surface area contributed by atoms with Gasteiger partial charge in [0.05, 0.1) is 11.0 Å². The number of benzene rings is 2. The number of hydrogen-bond acceptors (Lipinski definition) is 2. The van der Waals surface area contributed by atoms with Gasteiger partial charge in [-0.25, -0.2) is 22.5 Å². The second-order valence-electron chi connectivity index (χ2n) is 6.03. The Balaban J connectivity index is 1.79.